The first-order valence-corrected chi connectivity index (χ1v) is 6.18. The van der Waals surface area contributed by atoms with Crippen molar-refractivity contribution in [1.29, 1.82) is 0 Å². The van der Waals surface area contributed by atoms with Gasteiger partial charge in [-0.25, -0.2) is 4.79 Å². The minimum Gasteiger partial charge on any atom is -0.458 e. The van der Waals surface area contributed by atoms with E-state index in [0.29, 0.717) is 0 Å². The summed E-state index contributed by atoms with van der Waals surface area (Å²) in [5.41, 5.74) is -0.972. The molecule has 3 heteroatoms. The summed E-state index contributed by atoms with van der Waals surface area (Å²) < 4.78 is 11.1. The Bertz CT molecular complexity index is 460. The molecular formula is C15H20O3. The Morgan fingerprint density at radius 1 is 1.17 bits per heavy atom. The van der Waals surface area contributed by atoms with Gasteiger partial charge in [0.2, 0.25) is 0 Å². The number of hydrogen-bond donors (Lipinski definition) is 0. The van der Waals surface area contributed by atoms with Crippen molar-refractivity contribution in [3.05, 3.63) is 35.9 Å². The number of esters is 1. The molecule has 1 saturated heterocycles. The predicted molar refractivity (Wildman–Crippen MR) is 69.1 cm³/mol. The zero-order valence-electron chi connectivity index (χ0n) is 11.6. The second kappa shape index (κ2) is 3.82. The summed E-state index contributed by atoms with van der Waals surface area (Å²) in [6, 6.07) is 9.76. The van der Waals surface area contributed by atoms with Crippen molar-refractivity contribution in [2.24, 2.45) is 0 Å². The highest BCUT2D eigenvalue weighted by Crippen LogP contribution is 2.56. The molecule has 0 unspecified atom stereocenters. The van der Waals surface area contributed by atoms with Gasteiger partial charge in [0, 0.05) is 0 Å². The van der Waals surface area contributed by atoms with Crippen molar-refractivity contribution in [3.8, 4) is 0 Å². The van der Waals surface area contributed by atoms with Crippen LogP contribution in [0, 0.1) is 0 Å². The minimum absolute atomic E-state index is 0.304. The summed E-state index contributed by atoms with van der Waals surface area (Å²) in [6.07, 6.45) is 0. The Labute approximate surface area is 108 Å². The first kappa shape index (κ1) is 13.1. The fraction of sp³-hybridized carbons (Fsp3) is 0.533. The van der Waals surface area contributed by atoms with Gasteiger partial charge in [0.1, 0.15) is 11.2 Å². The highest BCUT2D eigenvalue weighted by molar-refractivity contribution is 5.85. The average molecular weight is 248 g/mol. The lowest BCUT2D eigenvalue weighted by Gasteiger charge is -2.22. The fourth-order valence-corrected chi connectivity index (χ4v) is 2.09. The monoisotopic (exact) mass is 248 g/mol. The number of epoxide rings is 1. The standard InChI is InChI=1S/C15H20O3/c1-13(2,3)17-12(16)15(5)14(4,18-15)11-9-7-6-8-10-11/h6-10H,1-5H3/t14-,15+/m0/s1. The summed E-state index contributed by atoms with van der Waals surface area (Å²) in [4.78, 5) is 12.2. The molecule has 0 radical (unpaired) electrons. The summed E-state index contributed by atoms with van der Waals surface area (Å²) in [7, 11) is 0. The van der Waals surface area contributed by atoms with E-state index in [0.717, 1.165) is 5.56 Å². The third-order valence-electron chi connectivity index (χ3n) is 3.39. The van der Waals surface area contributed by atoms with Gasteiger partial charge in [0.25, 0.3) is 0 Å². The molecule has 0 bridgehead atoms. The Balaban J connectivity index is 2.20. The van der Waals surface area contributed by atoms with E-state index < -0.39 is 16.8 Å². The molecule has 1 aromatic carbocycles. The number of carbonyl (C=O) groups excluding carboxylic acids is 1. The number of ether oxygens (including phenoxy) is 2. The third kappa shape index (κ3) is 2.03. The van der Waals surface area contributed by atoms with E-state index in [1.165, 1.54) is 0 Å². The van der Waals surface area contributed by atoms with E-state index in [2.05, 4.69) is 0 Å². The minimum atomic E-state index is -0.887. The van der Waals surface area contributed by atoms with E-state index in [9.17, 15) is 4.79 Å². The van der Waals surface area contributed by atoms with Gasteiger partial charge in [0.05, 0.1) is 0 Å². The maximum atomic E-state index is 12.2. The summed E-state index contributed by atoms with van der Waals surface area (Å²) in [6.45, 7) is 9.28. The van der Waals surface area contributed by atoms with Gasteiger partial charge < -0.3 is 9.47 Å². The molecule has 0 aromatic heterocycles. The van der Waals surface area contributed by atoms with E-state index in [1.54, 1.807) is 6.92 Å². The van der Waals surface area contributed by atoms with Gasteiger partial charge in [-0.05, 0) is 40.2 Å². The lowest BCUT2D eigenvalue weighted by molar-refractivity contribution is -0.160. The molecule has 1 aromatic rings. The molecule has 18 heavy (non-hydrogen) atoms. The smallest absolute Gasteiger partial charge is 0.342 e. The van der Waals surface area contributed by atoms with Gasteiger partial charge in [-0.2, -0.15) is 0 Å². The Kier molecular flexibility index (Phi) is 2.78. The van der Waals surface area contributed by atoms with Crippen LogP contribution in [-0.2, 0) is 19.9 Å². The molecule has 2 atom stereocenters. The topological polar surface area (TPSA) is 38.8 Å². The Hall–Kier alpha value is -1.35. The predicted octanol–water partition coefficient (Wildman–Crippen LogP) is 3.03. The molecule has 0 N–H and O–H groups in total. The quantitative estimate of drug-likeness (QED) is 0.596. The number of rotatable bonds is 2. The molecule has 1 aliphatic rings. The molecule has 3 nitrogen and oxygen atoms in total. The molecular weight excluding hydrogens is 228 g/mol. The molecule has 0 saturated carbocycles. The zero-order valence-corrected chi connectivity index (χ0v) is 11.6. The molecule has 1 heterocycles. The van der Waals surface area contributed by atoms with Crippen molar-refractivity contribution in [2.45, 2.75) is 51.4 Å². The van der Waals surface area contributed by atoms with Crippen LogP contribution < -0.4 is 0 Å². The van der Waals surface area contributed by atoms with Crippen LogP contribution in [0.4, 0.5) is 0 Å². The van der Waals surface area contributed by atoms with Gasteiger partial charge in [0.15, 0.2) is 5.60 Å². The molecule has 1 fully saturated rings. The number of benzene rings is 1. The SMILES string of the molecule is CC(C)(C)OC(=O)[C@@]1(C)O[C@@]1(C)c1ccccc1. The van der Waals surface area contributed by atoms with E-state index in [-0.39, 0.29) is 5.97 Å². The molecule has 0 aliphatic carbocycles. The summed E-state index contributed by atoms with van der Waals surface area (Å²) in [5.74, 6) is -0.304. The second-order valence-corrected chi connectivity index (χ2v) is 6.04. The zero-order chi connectivity index (χ0) is 13.6. The maximum absolute atomic E-state index is 12.2. The van der Waals surface area contributed by atoms with Crippen molar-refractivity contribution in [3.63, 3.8) is 0 Å². The van der Waals surface area contributed by atoms with Crippen molar-refractivity contribution < 1.29 is 14.3 Å². The third-order valence-corrected chi connectivity index (χ3v) is 3.39. The second-order valence-electron chi connectivity index (χ2n) is 6.04. The van der Waals surface area contributed by atoms with Crippen LogP contribution in [0.2, 0.25) is 0 Å². The number of hydrogen-bond acceptors (Lipinski definition) is 3. The molecule has 0 amide bonds. The lowest BCUT2D eigenvalue weighted by Crippen LogP contribution is -2.36. The fourth-order valence-electron chi connectivity index (χ4n) is 2.09. The average Bonchev–Trinajstić information content (AvgIpc) is 2.84. The van der Waals surface area contributed by atoms with Gasteiger partial charge in [-0.15, -0.1) is 0 Å². The first-order chi connectivity index (χ1) is 8.19. The van der Waals surface area contributed by atoms with Crippen molar-refractivity contribution >= 4 is 5.97 Å². The summed E-state index contributed by atoms with van der Waals surface area (Å²) in [5, 5.41) is 0. The molecule has 0 spiro atoms. The van der Waals surface area contributed by atoms with Crippen molar-refractivity contribution in [2.75, 3.05) is 0 Å². The first-order valence-electron chi connectivity index (χ1n) is 6.18. The van der Waals surface area contributed by atoms with Gasteiger partial charge in [-0.3, -0.25) is 0 Å². The number of carbonyl (C=O) groups is 1. The van der Waals surface area contributed by atoms with E-state index >= 15 is 0 Å². The van der Waals surface area contributed by atoms with E-state index in [4.69, 9.17) is 9.47 Å². The summed E-state index contributed by atoms with van der Waals surface area (Å²) >= 11 is 0. The van der Waals surface area contributed by atoms with Crippen LogP contribution in [0.15, 0.2) is 30.3 Å². The molecule has 1 aliphatic heterocycles. The lowest BCUT2D eigenvalue weighted by atomic mass is 9.89. The maximum Gasteiger partial charge on any atom is 0.342 e. The normalized spacial score (nSPS) is 30.9. The largest absolute Gasteiger partial charge is 0.458 e. The van der Waals surface area contributed by atoms with Crippen LogP contribution in [0.3, 0.4) is 0 Å². The van der Waals surface area contributed by atoms with Gasteiger partial charge in [-0.1, -0.05) is 30.3 Å². The van der Waals surface area contributed by atoms with Crippen molar-refractivity contribution in [1.82, 2.24) is 0 Å². The van der Waals surface area contributed by atoms with Crippen LogP contribution in [0.5, 0.6) is 0 Å². The molecule has 98 valence electrons. The highest BCUT2D eigenvalue weighted by Gasteiger charge is 2.71. The van der Waals surface area contributed by atoms with Crippen LogP contribution in [-0.4, -0.2) is 17.2 Å². The van der Waals surface area contributed by atoms with Gasteiger partial charge >= 0.3 is 5.97 Å². The molecule has 2 rings (SSSR count). The van der Waals surface area contributed by atoms with Crippen LogP contribution in [0.25, 0.3) is 0 Å². The van der Waals surface area contributed by atoms with Crippen LogP contribution >= 0.6 is 0 Å². The van der Waals surface area contributed by atoms with Crippen LogP contribution in [0.1, 0.15) is 40.2 Å². The Morgan fingerprint density at radius 3 is 2.22 bits per heavy atom. The Morgan fingerprint density at radius 2 is 1.72 bits per heavy atom. The highest BCUT2D eigenvalue weighted by atomic mass is 16.7. The van der Waals surface area contributed by atoms with E-state index in [1.807, 2.05) is 58.0 Å².